The highest BCUT2D eigenvalue weighted by atomic mass is 16.5. The molecule has 2 heterocycles. The molecule has 8 heteroatoms. The van der Waals surface area contributed by atoms with Crippen LogP contribution in [-0.2, 0) is 21.7 Å². The van der Waals surface area contributed by atoms with Crippen molar-refractivity contribution in [2.75, 3.05) is 0 Å². The predicted octanol–water partition coefficient (Wildman–Crippen LogP) is 18.1. The number of benzene rings is 9. The summed E-state index contributed by atoms with van der Waals surface area (Å²) < 4.78 is 14.9. The average molecular weight is 1030 g/mol. The molecule has 0 fully saturated rings. The first kappa shape index (κ1) is 49.2. The number of rotatable bonds is 4. The Balaban J connectivity index is 1.22. The molecule has 0 bridgehead atoms. The molecule has 388 valence electrons. The molecule has 0 spiro atoms. The Kier molecular flexibility index (Phi) is 10.2. The fourth-order valence-electron chi connectivity index (χ4n) is 12.4. The van der Waals surface area contributed by atoms with Gasteiger partial charge in [-0.2, -0.15) is 0 Å². The minimum Gasteiger partial charge on any atom is -0.506 e. The van der Waals surface area contributed by atoms with Crippen molar-refractivity contribution < 1.29 is 29.3 Å². The molecular formula is C70H62N2O6. The van der Waals surface area contributed by atoms with Crippen molar-refractivity contribution in [1.82, 2.24) is 9.97 Å². The minimum absolute atomic E-state index is 0.113. The molecule has 9 aromatic carbocycles. The van der Waals surface area contributed by atoms with Gasteiger partial charge in [0.1, 0.15) is 34.5 Å². The highest BCUT2D eigenvalue weighted by Gasteiger charge is 2.38. The number of aryl methyl sites for hydroxylation is 2. The molecule has 2 aliphatic carbocycles. The predicted molar refractivity (Wildman–Crippen MR) is 317 cm³/mol. The first-order valence-electron chi connectivity index (χ1n) is 27.0. The van der Waals surface area contributed by atoms with Crippen LogP contribution in [0.25, 0.3) is 87.4 Å². The summed E-state index contributed by atoms with van der Waals surface area (Å²) in [6.07, 6.45) is 0. The lowest BCUT2D eigenvalue weighted by Gasteiger charge is -2.30. The van der Waals surface area contributed by atoms with Gasteiger partial charge in [0.25, 0.3) is 0 Å². The number of carbonyl (C=O) groups excluding carboxylic acids is 2. The van der Waals surface area contributed by atoms with Gasteiger partial charge >= 0.3 is 0 Å². The Bertz CT molecular complexity index is 4550. The number of fused-ring (bicyclic) bond motifs is 8. The Morgan fingerprint density at radius 3 is 1.26 bits per heavy atom. The number of nitrogens with zero attached hydrogens (tertiary/aromatic N) is 2. The number of ether oxygens (including phenoxy) is 2. The molecule has 0 saturated heterocycles. The van der Waals surface area contributed by atoms with Crippen molar-refractivity contribution in [3.8, 4) is 57.0 Å². The molecule has 11 aromatic rings. The van der Waals surface area contributed by atoms with Crippen molar-refractivity contribution >= 4 is 76.5 Å². The van der Waals surface area contributed by atoms with Crippen molar-refractivity contribution in [1.29, 1.82) is 0 Å². The van der Waals surface area contributed by atoms with Gasteiger partial charge in [-0.1, -0.05) is 155 Å². The van der Waals surface area contributed by atoms with Gasteiger partial charge in [0, 0.05) is 76.5 Å². The minimum atomic E-state index is -0.365. The van der Waals surface area contributed by atoms with E-state index in [1.54, 1.807) is 0 Å². The van der Waals surface area contributed by atoms with E-state index in [0.29, 0.717) is 89.2 Å². The first-order chi connectivity index (χ1) is 36.7. The van der Waals surface area contributed by atoms with E-state index in [1.165, 1.54) is 0 Å². The van der Waals surface area contributed by atoms with Crippen LogP contribution in [-0.4, -0.2) is 31.7 Å². The van der Waals surface area contributed by atoms with E-state index in [1.807, 2.05) is 80.6 Å². The van der Waals surface area contributed by atoms with Gasteiger partial charge in [0.05, 0.1) is 33.5 Å². The molecule has 78 heavy (non-hydrogen) atoms. The van der Waals surface area contributed by atoms with E-state index in [4.69, 9.17) is 19.4 Å². The Labute approximate surface area is 454 Å². The highest BCUT2D eigenvalue weighted by molar-refractivity contribution is 6.43. The summed E-state index contributed by atoms with van der Waals surface area (Å²) in [6, 6.07) is 36.1. The molecule has 0 unspecified atom stereocenters. The van der Waals surface area contributed by atoms with Crippen LogP contribution in [0.15, 0.2) is 109 Å². The van der Waals surface area contributed by atoms with Crippen LogP contribution in [0.3, 0.4) is 0 Å². The summed E-state index contributed by atoms with van der Waals surface area (Å²) in [5.74, 6) is 1.22. The van der Waals surface area contributed by atoms with Gasteiger partial charge in [-0.15, -0.1) is 0 Å². The topological polar surface area (TPSA) is 119 Å². The lowest BCUT2D eigenvalue weighted by atomic mass is 9.77. The number of aromatic hydroxyl groups is 2. The molecule has 2 aromatic heterocycles. The van der Waals surface area contributed by atoms with Gasteiger partial charge in [-0.25, -0.2) is 9.97 Å². The van der Waals surface area contributed by atoms with Crippen LogP contribution in [0.2, 0.25) is 0 Å². The molecule has 13 rings (SSSR count). The zero-order chi connectivity index (χ0) is 55.2. The van der Waals surface area contributed by atoms with E-state index >= 15 is 9.59 Å². The Morgan fingerprint density at radius 1 is 0.372 bits per heavy atom. The van der Waals surface area contributed by atoms with E-state index < -0.39 is 0 Å². The summed E-state index contributed by atoms with van der Waals surface area (Å²) in [6.45, 7) is 30.1. The highest BCUT2D eigenvalue weighted by Crippen LogP contribution is 2.58. The maximum atomic E-state index is 15.6. The molecule has 0 amide bonds. The normalized spacial score (nSPS) is 13.7. The Morgan fingerprint density at radius 2 is 0.808 bits per heavy atom. The third kappa shape index (κ3) is 7.10. The molecule has 2 aliphatic rings. The van der Waals surface area contributed by atoms with Crippen molar-refractivity contribution in [2.45, 2.75) is 119 Å². The summed E-state index contributed by atoms with van der Waals surface area (Å²) in [5, 5.41) is 31.3. The third-order valence-corrected chi connectivity index (χ3v) is 16.5. The van der Waals surface area contributed by atoms with E-state index in [9.17, 15) is 10.2 Å². The largest absolute Gasteiger partial charge is 0.506 e. The summed E-state index contributed by atoms with van der Waals surface area (Å²) in [4.78, 5) is 41.6. The summed E-state index contributed by atoms with van der Waals surface area (Å²) in [5.41, 5.74) is 9.40. The molecule has 0 atom stereocenters. The third-order valence-electron chi connectivity index (χ3n) is 16.5. The van der Waals surface area contributed by atoms with Crippen LogP contribution < -0.4 is 9.47 Å². The van der Waals surface area contributed by atoms with E-state index in [-0.39, 0.29) is 55.9 Å². The van der Waals surface area contributed by atoms with Gasteiger partial charge in [-0.3, -0.25) is 9.59 Å². The second-order valence-corrected chi connectivity index (χ2v) is 26.1. The van der Waals surface area contributed by atoms with Crippen LogP contribution in [0.1, 0.15) is 148 Å². The zero-order valence-electron chi connectivity index (χ0n) is 46.8. The molecule has 0 saturated carbocycles. The Hall–Kier alpha value is -8.36. The summed E-state index contributed by atoms with van der Waals surface area (Å²) in [7, 11) is 0. The second-order valence-electron chi connectivity index (χ2n) is 26.1. The van der Waals surface area contributed by atoms with Gasteiger partial charge in [0.15, 0.2) is 11.6 Å². The van der Waals surface area contributed by atoms with Crippen LogP contribution >= 0.6 is 0 Å². The molecule has 8 nitrogen and oxygen atoms in total. The maximum absolute atomic E-state index is 15.6. The SMILES string of the molecule is Cc1ccc2nc3c(c(O)c2c1)C(=O)c1cc(Oc2cc(C(C)(C)C)ccc2C(C)(C)C)c2c4ccc5c6c(cc(Oc7ccc(C(C)(C)C)cc7C(C)(C)C)c(c7ccc-3c1c72)c64)C(=O)c1c-5nc2ccc(C)cc2c1O. The quantitative estimate of drug-likeness (QED) is 0.132. The first-order valence-corrected chi connectivity index (χ1v) is 27.0. The standard InChI is InChI=1S/C70H62N2O6/c1-33-15-24-47-41(27-33)63(73)59-61(71-47)39-22-20-38-56-52(78-50-30-36(68(6,7)8)17-23-45(50)69(9,10)11)32-44-54-40(62-60(66(44)76)64(74)42-28-34(2)16-25-48(42)72-62)21-19-37(58(54)56)55-51(31-43(65(59)75)53(39)57(38)55)77-49-26-18-35(67(3,4)5)29-46(49)70(12,13)14/h15-32H,1-14H3,(H,71,73)(H,72,74). The molecule has 2 N–H and O–H groups in total. The fourth-order valence-corrected chi connectivity index (χ4v) is 12.4. The van der Waals surface area contributed by atoms with Crippen LogP contribution in [0.4, 0.5) is 0 Å². The lowest BCUT2D eigenvalue weighted by Crippen LogP contribution is -2.17. The number of hydrogen-bond acceptors (Lipinski definition) is 8. The molecular weight excluding hydrogens is 965 g/mol. The second kappa shape index (κ2) is 16.1. The van der Waals surface area contributed by atoms with Gasteiger partial charge < -0.3 is 19.7 Å². The van der Waals surface area contributed by atoms with Gasteiger partial charge in [0.2, 0.25) is 0 Å². The van der Waals surface area contributed by atoms with Crippen molar-refractivity contribution in [2.24, 2.45) is 0 Å². The van der Waals surface area contributed by atoms with Crippen LogP contribution in [0, 0.1) is 13.8 Å². The van der Waals surface area contributed by atoms with Crippen molar-refractivity contribution in [3.05, 3.63) is 165 Å². The number of aromatic nitrogens is 2. The smallest absolute Gasteiger partial charge is 0.199 e. The number of hydrogen-bond donors (Lipinski definition) is 2. The number of pyridine rings is 2. The number of carbonyl (C=O) groups is 2. The average Bonchev–Trinajstić information content (AvgIpc) is 2.16. The van der Waals surface area contributed by atoms with E-state index in [2.05, 4.69) is 126 Å². The fraction of sp³-hybridized carbons (Fsp3) is 0.257. The van der Waals surface area contributed by atoms with Gasteiger partial charge in [-0.05, 0) is 106 Å². The molecule has 0 radical (unpaired) electrons. The maximum Gasteiger partial charge on any atom is 0.199 e. The monoisotopic (exact) mass is 1030 g/mol. The van der Waals surface area contributed by atoms with E-state index in [0.717, 1.165) is 65.7 Å². The summed E-state index contributed by atoms with van der Waals surface area (Å²) >= 11 is 0. The number of ketones is 2. The van der Waals surface area contributed by atoms with Crippen LogP contribution in [0.5, 0.6) is 34.5 Å². The molecule has 0 aliphatic heterocycles. The van der Waals surface area contributed by atoms with Crippen molar-refractivity contribution in [3.63, 3.8) is 0 Å². The zero-order valence-corrected chi connectivity index (χ0v) is 46.8. The lowest BCUT2D eigenvalue weighted by molar-refractivity contribution is 0.102.